The van der Waals surface area contributed by atoms with E-state index in [4.69, 9.17) is 18.9 Å². The van der Waals surface area contributed by atoms with Crippen LogP contribution in [0.2, 0.25) is 0 Å². The number of carbonyl (C=O) groups is 1. The largest absolute Gasteiger partial charge is 0.463 e. The summed E-state index contributed by atoms with van der Waals surface area (Å²) in [6, 6.07) is 6.39. The van der Waals surface area contributed by atoms with Gasteiger partial charge in [-0.3, -0.25) is 19.1 Å². The van der Waals surface area contributed by atoms with Gasteiger partial charge in [-0.05, 0) is 19.3 Å². The number of aromatic nitrogens is 3. The minimum absolute atomic E-state index is 0.284. The molecule has 0 bridgehead atoms. The number of nitrogens with zero attached hydrogens (tertiary/aromatic N) is 2. The van der Waals surface area contributed by atoms with Gasteiger partial charge in [0.05, 0.1) is 0 Å². The van der Waals surface area contributed by atoms with Crippen molar-refractivity contribution in [3.8, 4) is 0 Å². The Morgan fingerprint density at radius 3 is 2.75 bits per heavy atom. The number of pyridine rings is 1. The molecule has 32 heavy (non-hydrogen) atoms. The number of hydrogen-bond donors (Lipinski definition) is 2. The number of aromatic amines is 1. The first kappa shape index (κ1) is 22.3. The van der Waals surface area contributed by atoms with Crippen molar-refractivity contribution in [1.29, 1.82) is 0 Å². The molecule has 4 rings (SSSR count). The van der Waals surface area contributed by atoms with E-state index in [1.165, 1.54) is 23.8 Å². The van der Waals surface area contributed by atoms with E-state index in [0.717, 1.165) is 17.4 Å². The molecule has 2 fully saturated rings. The summed E-state index contributed by atoms with van der Waals surface area (Å²) in [5.41, 5.74) is -3.16. The quantitative estimate of drug-likeness (QED) is 0.448. The lowest BCUT2D eigenvalue weighted by Gasteiger charge is -2.32. The zero-order valence-electron chi connectivity index (χ0n) is 17.6. The maximum Gasteiger partial charge on any atom is 0.331 e. The van der Waals surface area contributed by atoms with Crippen molar-refractivity contribution in [1.82, 2.24) is 9.55 Å². The maximum absolute atomic E-state index is 12.6. The highest BCUT2D eigenvalue weighted by molar-refractivity contribution is 5.65. The molecule has 0 saturated carbocycles. The Morgan fingerprint density at radius 1 is 1.31 bits per heavy atom. The fraction of sp³-hybridized carbons (Fsp3) is 0.524. The molecule has 2 aromatic rings. The maximum atomic E-state index is 12.6. The van der Waals surface area contributed by atoms with Crippen LogP contribution < -0.4 is 15.8 Å². The Bertz CT molecular complexity index is 1050. The van der Waals surface area contributed by atoms with Crippen molar-refractivity contribution in [3.05, 3.63) is 63.7 Å². The third-order valence-electron chi connectivity index (χ3n) is 5.58. The summed E-state index contributed by atoms with van der Waals surface area (Å²) in [5, 5.41) is 12.0. The van der Waals surface area contributed by atoms with Gasteiger partial charge in [-0.2, -0.15) is 4.57 Å². The van der Waals surface area contributed by atoms with Crippen molar-refractivity contribution in [2.24, 2.45) is 0 Å². The van der Waals surface area contributed by atoms with Crippen molar-refractivity contribution >= 4 is 5.97 Å². The average molecular weight is 448 g/mol. The van der Waals surface area contributed by atoms with Crippen LogP contribution in [0.3, 0.4) is 0 Å². The van der Waals surface area contributed by atoms with Gasteiger partial charge in [-0.25, -0.2) is 4.79 Å². The summed E-state index contributed by atoms with van der Waals surface area (Å²) in [4.78, 5) is 37.8. The van der Waals surface area contributed by atoms with Gasteiger partial charge >= 0.3 is 17.4 Å². The van der Waals surface area contributed by atoms with Crippen LogP contribution in [0, 0.1) is 0 Å². The molecule has 5 atom stereocenters. The normalized spacial score (nSPS) is 30.2. The van der Waals surface area contributed by atoms with Gasteiger partial charge < -0.3 is 24.1 Å². The van der Waals surface area contributed by atoms with E-state index in [-0.39, 0.29) is 6.61 Å². The van der Waals surface area contributed by atoms with Gasteiger partial charge in [0.2, 0.25) is 0 Å². The summed E-state index contributed by atoms with van der Waals surface area (Å²) < 4.78 is 25.7. The summed E-state index contributed by atoms with van der Waals surface area (Å²) in [7, 11) is 0. The molecule has 2 saturated heterocycles. The number of esters is 1. The van der Waals surface area contributed by atoms with Crippen molar-refractivity contribution < 1.29 is 33.4 Å². The van der Waals surface area contributed by atoms with Crippen LogP contribution in [0.25, 0.3) is 0 Å². The molecule has 0 aromatic carbocycles. The molecule has 2 aliphatic rings. The van der Waals surface area contributed by atoms with E-state index < -0.39 is 47.7 Å². The van der Waals surface area contributed by atoms with Crippen LogP contribution in [0.1, 0.15) is 32.4 Å². The van der Waals surface area contributed by atoms with Crippen molar-refractivity contribution in [2.75, 3.05) is 13.2 Å². The number of ether oxygens (including phenoxy) is 4. The van der Waals surface area contributed by atoms with Crippen LogP contribution in [0.5, 0.6) is 0 Å². The second kappa shape index (κ2) is 9.33. The Morgan fingerprint density at radius 2 is 2.09 bits per heavy atom. The molecule has 1 unspecified atom stereocenters. The predicted molar refractivity (Wildman–Crippen MR) is 107 cm³/mol. The number of rotatable bonds is 6. The van der Waals surface area contributed by atoms with Gasteiger partial charge in [0.25, 0.3) is 5.56 Å². The minimum Gasteiger partial charge on any atom is -0.463 e. The van der Waals surface area contributed by atoms with Crippen LogP contribution in [-0.2, 0) is 29.5 Å². The molecule has 2 N–H and O–H groups in total. The zero-order valence-corrected chi connectivity index (χ0v) is 17.6. The van der Waals surface area contributed by atoms with Crippen LogP contribution >= 0.6 is 0 Å². The smallest absolute Gasteiger partial charge is 0.331 e. The number of aliphatic hydroxyl groups is 1. The first-order valence-corrected chi connectivity index (χ1v) is 10.5. The molecule has 172 valence electrons. The second-order valence-corrected chi connectivity index (χ2v) is 7.75. The van der Waals surface area contributed by atoms with Crippen molar-refractivity contribution in [3.63, 3.8) is 0 Å². The summed E-state index contributed by atoms with van der Waals surface area (Å²) in [6.45, 7) is 1.47. The number of H-pyrrole nitrogens is 1. The van der Waals surface area contributed by atoms with Gasteiger partial charge in [0.1, 0.15) is 6.61 Å². The molecule has 0 radical (unpaired) electrons. The average Bonchev–Trinajstić information content (AvgIpc) is 3.06. The highest BCUT2D eigenvalue weighted by Crippen LogP contribution is 2.40. The Hall–Kier alpha value is -2.86. The van der Waals surface area contributed by atoms with Gasteiger partial charge in [-0.1, -0.05) is 6.07 Å². The Balaban J connectivity index is 1.79. The Labute approximate surface area is 183 Å². The molecule has 2 aromatic heterocycles. The zero-order chi connectivity index (χ0) is 22.7. The van der Waals surface area contributed by atoms with E-state index in [2.05, 4.69) is 4.98 Å². The third kappa shape index (κ3) is 4.37. The number of nitrogens with one attached hydrogen (secondary N) is 1. The molecule has 2 aliphatic heterocycles. The number of carbonyl (C=O) groups excluding carboxylic acids is 1. The summed E-state index contributed by atoms with van der Waals surface area (Å²) in [5.74, 6) is -0.549. The van der Waals surface area contributed by atoms with Gasteiger partial charge in [0, 0.05) is 37.9 Å². The summed E-state index contributed by atoms with van der Waals surface area (Å²) in [6.07, 6.45) is 2.93. The molecule has 0 amide bonds. The third-order valence-corrected chi connectivity index (χ3v) is 5.58. The van der Waals surface area contributed by atoms with Crippen LogP contribution in [-0.4, -0.2) is 52.3 Å². The lowest BCUT2D eigenvalue weighted by molar-refractivity contribution is -0.819. The lowest BCUT2D eigenvalue weighted by atomic mass is 10.0. The fourth-order valence-corrected chi connectivity index (χ4v) is 4.03. The standard InChI is InChI=1S/C21H25N3O8/c1-14(25)30-13-15-21(28,23-9-4-2-5-10-23)18(32-17-7-3-6-12-29-17)19(31-15)24-11-8-16(26)22-20(24)27/h2,4-5,8-11,15,17-19,28H,3,6-7,12-13H2,1H3/p+1/t15-,17?,18+,19-,21-/m1/s1. The summed E-state index contributed by atoms with van der Waals surface area (Å²) >= 11 is 0. The number of hydrogen-bond acceptors (Lipinski definition) is 8. The predicted octanol–water partition coefficient (Wildman–Crippen LogP) is -0.458. The Kier molecular flexibility index (Phi) is 6.51. The van der Waals surface area contributed by atoms with Gasteiger partial charge in [-0.15, -0.1) is 0 Å². The highest BCUT2D eigenvalue weighted by Gasteiger charge is 2.66. The minimum atomic E-state index is -1.86. The molecule has 11 heteroatoms. The first-order valence-electron chi connectivity index (χ1n) is 10.5. The monoisotopic (exact) mass is 448 g/mol. The van der Waals surface area contributed by atoms with Crippen molar-refractivity contribution in [2.45, 2.75) is 56.6 Å². The highest BCUT2D eigenvalue weighted by atomic mass is 16.7. The SMILES string of the molecule is CC(=O)OC[C@H]1O[C@@H](n2ccc(=O)[nH]c2=O)[C@H](OC2CCCCO2)[C@@]1(O)[n+]1ccccc1. The molecule has 0 spiro atoms. The van der Waals surface area contributed by atoms with E-state index in [1.807, 2.05) is 0 Å². The lowest BCUT2D eigenvalue weighted by Crippen LogP contribution is -2.68. The molecule has 4 heterocycles. The molecular weight excluding hydrogens is 422 g/mol. The van der Waals surface area contributed by atoms with E-state index in [1.54, 1.807) is 30.6 Å². The van der Waals surface area contributed by atoms with Crippen LogP contribution in [0.15, 0.2) is 52.4 Å². The molecule has 0 aliphatic carbocycles. The first-order chi connectivity index (χ1) is 15.4. The van der Waals surface area contributed by atoms with E-state index in [9.17, 15) is 19.5 Å². The molecule has 11 nitrogen and oxygen atoms in total. The second-order valence-electron chi connectivity index (χ2n) is 7.75. The van der Waals surface area contributed by atoms with E-state index >= 15 is 0 Å². The van der Waals surface area contributed by atoms with Crippen LogP contribution in [0.4, 0.5) is 0 Å². The topological polar surface area (TPSA) is 133 Å². The molecular formula is C21H26N3O8+. The van der Waals surface area contributed by atoms with Gasteiger partial charge in [0.15, 0.2) is 37.1 Å². The van der Waals surface area contributed by atoms with E-state index in [0.29, 0.717) is 13.0 Å². The fourth-order valence-electron chi connectivity index (χ4n) is 4.03.